The number of nitrogens with one attached hydrogen (secondary N) is 2. The highest BCUT2D eigenvalue weighted by Gasteiger charge is 2.22. The largest absolute Gasteiger partial charge is 0.506 e. The van der Waals surface area contributed by atoms with Crippen molar-refractivity contribution in [2.24, 2.45) is 5.73 Å². The molecule has 4 rings (SSSR count). The molecule has 0 bridgehead atoms. The van der Waals surface area contributed by atoms with Crippen LogP contribution in [0, 0.1) is 0 Å². The Morgan fingerprint density at radius 1 is 1.19 bits per heavy atom. The van der Waals surface area contributed by atoms with Crippen LogP contribution in [-0.4, -0.2) is 58.6 Å². The molecule has 0 amide bonds. The quantitative estimate of drug-likeness (QED) is 0.453. The van der Waals surface area contributed by atoms with Gasteiger partial charge in [-0.15, -0.1) is 5.10 Å². The summed E-state index contributed by atoms with van der Waals surface area (Å²) >= 11 is 0. The molecule has 2 aromatic heterocycles. The summed E-state index contributed by atoms with van der Waals surface area (Å²) in [7, 11) is -0.904. The smallest absolute Gasteiger partial charge is 0.246 e. The highest BCUT2D eigenvalue weighted by Crippen LogP contribution is 2.31. The Bertz CT molecular complexity index is 1180. The van der Waals surface area contributed by atoms with Crippen molar-refractivity contribution >= 4 is 32.9 Å². The van der Waals surface area contributed by atoms with E-state index in [0.717, 1.165) is 30.0 Å². The van der Waals surface area contributed by atoms with Gasteiger partial charge < -0.3 is 21.5 Å². The molecule has 1 aliphatic rings. The summed E-state index contributed by atoms with van der Waals surface area (Å²) in [6, 6.07) is 6.80. The minimum atomic E-state index is -3.74. The monoisotopic (exact) mass is 445 g/mol. The lowest BCUT2D eigenvalue weighted by Gasteiger charge is -2.27. The Hall–Kier alpha value is -2.89. The van der Waals surface area contributed by atoms with Crippen LogP contribution in [0.4, 0.5) is 17.2 Å². The molecule has 0 atom stereocenters. The zero-order valence-electron chi connectivity index (χ0n) is 17.5. The van der Waals surface area contributed by atoms with Crippen LogP contribution in [-0.2, 0) is 10.0 Å². The number of imidazole rings is 1. The second-order valence-electron chi connectivity index (χ2n) is 7.99. The molecule has 2 heterocycles. The molecular weight excluding hydrogens is 418 g/mol. The Kier molecular flexibility index (Phi) is 5.73. The maximum absolute atomic E-state index is 12.3. The van der Waals surface area contributed by atoms with Crippen LogP contribution in [0.1, 0.15) is 25.7 Å². The number of hydrogen-bond acceptors (Lipinski definition) is 8. The van der Waals surface area contributed by atoms with Crippen molar-refractivity contribution in [3.05, 3.63) is 36.7 Å². The van der Waals surface area contributed by atoms with Crippen LogP contribution in [0.3, 0.4) is 0 Å². The first-order valence-corrected chi connectivity index (χ1v) is 11.6. The van der Waals surface area contributed by atoms with Crippen LogP contribution in [0.2, 0.25) is 0 Å². The number of nitrogens with zero attached hydrogens (tertiary/aromatic N) is 4. The summed E-state index contributed by atoms with van der Waals surface area (Å²) in [5, 5.41) is 21.6. The van der Waals surface area contributed by atoms with E-state index >= 15 is 0 Å². The number of phenols is 1. The normalized spacial score (nSPS) is 19.6. The van der Waals surface area contributed by atoms with Gasteiger partial charge in [-0.2, -0.15) is 0 Å². The van der Waals surface area contributed by atoms with Crippen LogP contribution < -0.4 is 16.4 Å². The van der Waals surface area contributed by atoms with Gasteiger partial charge in [0.05, 0.1) is 5.69 Å². The highest BCUT2D eigenvalue weighted by molar-refractivity contribution is 7.89. The van der Waals surface area contributed by atoms with E-state index in [1.165, 1.54) is 26.2 Å². The minimum absolute atomic E-state index is 0.151. The van der Waals surface area contributed by atoms with Crippen molar-refractivity contribution in [3.63, 3.8) is 0 Å². The Morgan fingerprint density at radius 2 is 1.94 bits per heavy atom. The lowest BCUT2D eigenvalue weighted by atomic mass is 9.92. The molecule has 1 saturated carbocycles. The second kappa shape index (κ2) is 8.33. The minimum Gasteiger partial charge on any atom is -0.506 e. The van der Waals surface area contributed by atoms with E-state index in [4.69, 9.17) is 5.73 Å². The van der Waals surface area contributed by atoms with Crippen LogP contribution in [0.15, 0.2) is 41.6 Å². The van der Waals surface area contributed by atoms with E-state index < -0.39 is 10.0 Å². The maximum atomic E-state index is 12.3. The van der Waals surface area contributed by atoms with E-state index in [0.29, 0.717) is 28.9 Å². The molecule has 166 valence electrons. The number of phenolic OH excluding ortho intramolecular Hbond substituents is 1. The molecule has 11 heteroatoms. The summed E-state index contributed by atoms with van der Waals surface area (Å²) in [4.78, 5) is 4.19. The van der Waals surface area contributed by atoms with Crippen LogP contribution >= 0.6 is 0 Å². The summed E-state index contributed by atoms with van der Waals surface area (Å²) in [5.74, 6) is 0.369. The molecule has 1 fully saturated rings. The third-order valence-corrected chi connectivity index (χ3v) is 7.34. The van der Waals surface area contributed by atoms with Crippen LogP contribution in [0.25, 0.3) is 5.65 Å². The van der Waals surface area contributed by atoms with E-state index in [1.54, 1.807) is 23.0 Å². The van der Waals surface area contributed by atoms with Crippen molar-refractivity contribution in [1.82, 2.24) is 18.9 Å². The molecule has 1 aromatic carbocycles. The summed E-state index contributed by atoms with van der Waals surface area (Å²) in [5.41, 5.74) is 7.82. The second-order valence-corrected chi connectivity index (χ2v) is 10.1. The molecule has 1 aliphatic carbocycles. The molecule has 0 aliphatic heterocycles. The number of aromatic hydroxyl groups is 1. The number of anilines is 3. The Morgan fingerprint density at radius 3 is 2.61 bits per heavy atom. The Labute approximate surface area is 181 Å². The maximum Gasteiger partial charge on any atom is 0.246 e. The fraction of sp³-hybridized carbons (Fsp3) is 0.400. The lowest BCUT2D eigenvalue weighted by molar-refractivity contribution is 0.410. The third kappa shape index (κ3) is 4.43. The van der Waals surface area contributed by atoms with Gasteiger partial charge >= 0.3 is 0 Å². The molecule has 10 nitrogen and oxygen atoms in total. The van der Waals surface area contributed by atoms with E-state index in [1.807, 2.05) is 6.07 Å². The standard InChI is InChI=1S/C20H27N7O3S/c1-26(2)31(29,30)18-8-7-15(11-17(18)28)23-16-12-19(25-27-10-9-22-20(16)27)24-14-5-3-13(21)4-6-14/h7-14,23,28H,3-6,21H2,1-2H3,(H,24,25)/t13-,14+. The number of aromatic nitrogens is 3. The van der Waals surface area contributed by atoms with Gasteiger partial charge in [0.15, 0.2) is 5.65 Å². The number of hydrogen-bond donors (Lipinski definition) is 4. The number of nitrogens with two attached hydrogens (primary N) is 1. The SMILES string of the molecule is CN(C)S(=O)(=O)c1ccc(Nc2cc(N[C@H]3CC[C@@H](N)CC3)nn3ccnc23)cc1O. The van der Waals surface area contributed by atoms with E-state index in [2.05, 4.69) is 20.7 Å². The molecule has 0 radical (unpaired) electrons. The first kappa shape index (κ1) is 21.3. The molecule has 3 aromatic rings. The fourth-order valence-electron chi connectivity index (χ4n) is 3.72. The molecule has 0 saturated heterocycles. The van der Waals surface area contributed by atoms with Crippen molar-refractivity contribution in [2.75, 3.05) is 24.7 Å². The average molecular weight is 446 g/mol. The lowest BCUT2D eigenvalue weighted by Crippen LogP contribution is -2.33. The van der Waals surface area contributed by atoms with Gasteiger partial charge in [0.1, 0.15) is 16.5 Å². The predicted octanol–water partition coefficient (Wildman–Crippen LogP) is 2.11. The van der Waals surface area contributed by atoms with Crippen LogP contribution in [0.5, 0.6) is 5.75 Å². The molecular formula is C20H27N7O3S. The zero-order chi connectivity index (χ0) is 22.2. The van der Waals surface area contributed by atoms with Crippen molar-refractivity contribution in [2.45, 2.75) is 42.7 Å². The molecule has 5 N–H and O–H groups in total. The summed E-state index contributed by atoms with van der Waals surface area (Å²) in [6.45, 7) is 0. The van der Waals surface area contributed by atoms with Gasteiger partial charge in [0.2, 0.25) is 10.0 Å². The fourth-order valence-corrected chi connectivity index (χ4v) is 4.67. The molecule has 31 heavy (non-hydrogen) atoms. The predicted molar refractivity (Wildman–Crippen MR) is 119 cm³/mol. The first-order chi connectivity index (χ1) is 14.7. The van der Waals surface area contributed by atoms with Gasteiger partial charge in [-0.3, -0.25) is 0 Å². The third-order valence-electron chi connectivity index (χ3n) is 5.48. The average Bonchev–Trinajstić information content (AvgIpc) is 3.18. The van der Waals surface area contributed by atoms with Crippen molar-refractivity contribution < 1.29 is 13.5 Å². The zero-order valence-corrected chi connectivity index (χ0v) is 18.3. The Balaban J connectivity index is 1.61. The summed E-state index contributed by atoms with van der Waals surface area (Å²) < 4.78 is 27.4. The number of benzene rings is 1. The number of rotatable bonds is 6. The van der Waals surface area contributed by atoms with Gasteiger partial charge in [-0.25, -0.2) is 22.2 Å². The molecule has 0 spiro atoms. The van der Waals surface area contributed by atoms with E-state index in [-0.39, 0.29) is 16.7 Å². The van der Waals surface area contributed by atoms with Gasteiger partial charge in [-0.05, 0) is 37.8 Å². The van der Waals surface area contributed by atoms with Gasteiger partial charge in [0, 0.05) is 56.4 Å². The van der Waals surface area contributed by atoms with Crippen molar-refractivity contribution in [3.8, 4) is 5.75 Å². The summed E-state index contributed by atoms with van der Waals surface area (Å²) in [6.07, 6.45) is 7.36. The molecule has 0 unspecified atom stereocenters. The van der Waals surface area contributed by atoms with Gasteiger partial charge in [-0.1, -0.05) is 0 Å². The number of sulfonamides is 1. The number of fused-ring (bicyclic) bond motifs is 1. The van der Waals surface area contributed by atoms with Gasteiger partial charge in [0.25, 0.3) is 0 Å². The first-order valence-electron chi connectivity index (χ1n) is 10.1. The van der Waals surface area contributed by atoms with Crippen molar-refractivity contribution in [1.29, 1.82) is 0 Å². The highest BCUT2D eigenvalue weighted by atomic mass is 32.2. The van der Waals surface area contributed by atoms with E-state index in [9.17, 15) is 13.5 Å². The topological polar surface area (TPSA) is 138 Å².